The molecule has 0 spiro atoms. The second-order valence-corrected chi connectivity index (χ2v) is 9.75. The largest absolute Gasteiger partial charge is 0.388 e. The topological polar surface area (TPSA) is 122 Å². The monoisotopic (exact) mass is 481 g/mol. The van der Waals surface area contributed by atoms with Gasteiger partial charge in [0, 0.05) is 46.0 Å². The molecule has 1 aliphatic carbocycles. The summed E-state index contributed by atoms with van der Waals surface area (Å²) in [5, 5.41) is 28.4. The molecule has 5 aromatic rings. The molecular weight excluding hydrogens is 454 g/mol. The van der Waals surface area contributed by atoms with E-state index in [2.05, 4.69) is 30.6 Å². The number of nitrogens with one attached hydrogen (secondary N) is 2. The lowest BCUT2D eigenvalue weighted by Crippen LogP contribution is -2.47. The van der Waals surface area contributed by atoms with Gasteiger partial charge < -0.3 is 10.4 Å². The van der Waals surface area contributed by atoms with Crippen molar-refractivity contribution >= 4 is 27.7 Å². The van der Waals surface area contributed by atoms with E-state index < -0.39 is 5.60 Å². The van der Waals surface area contributed by atoms with E-state index in [4.69, 9.17) is 0 Å². The number of hydrogen-bond acceptors (Lipinski definition) is 6. The Bertz CT molecular complexity index is 1570. The number of benzene rings is 1. The van der Waals surface area contributed by atoms with Gasteiger partial charge >= 0.3 is 0 Å². The Labute approximate surface area is 207 Å². The second-order valence-electron chi connectivity index (χ2n) is 9.75. The highest BCUT2D eigenvalue weighted by Crippen LogP contribution is 2.32. The lowest BCUT2D eigenvalue weighted by atomic mass is 9.81. The minimum Gasteiger partial charge on any atom is -0.388 e. The van der Waals surface area contributed by atoms with Crippen molar-refractivity contribution in [3.8, 4) is 11.3 Å². The number of hydrogen-bond donors (Lipinski definition) is 3. The van der Waals surface area contributed by atoms with E-state index in [0.29, 0.717) is 24.9 Å². The molecular formula is C27H27N7O2. The predicted molar refractivity (Wildman–Crippen MR) is 136 cm³/mol. The molecule has 2 atom stereocenters. The Morgan fingerprint density at radius 3 is 3.03 bits per heavy atom. The Hall–Kier alpha value is -4.11. The maximum absolute atomic E-state index is 13.2. The molecule has 1 aromatic carbocycles. The number of carbonyl (C=O) groups is 1. The van der Waals surface area contributed by atoms with Crippen LogP contribution >= 0.6 is 0 Å². The number of aliphatic hydroxyl groups is 1. The quantitative estimate of drug-likeness (QED) is 0.351. The molecule has 0 unspecified atom stereocenters. The van der Waals surface area contributed by atoms with Crippen LogP contribution in [0.3, 0.4) is 0 Å². The molecule has 1 aliphatic rings. The Balaban J connectivity index is 1.20. The molecule has 0 radical (unpaired) electrons. The SMILES string of the molecule is Cc1cc(-c2n[nH]c3ccc(C(=O)N[C@@H]4CCC[C@](O)(Cn5ncc6ccncc65)C4)cc23)ccn1. The van der Waals surface area contributed by atoms with E-state index in [0.717, 1.165) is 51.6 Å². The molecule has 182 valence electrons. The predicted octanol–water partition coefficient (Wildman–Crippen LogP) is 3.78. The summed E-state index contributed by atoms with van der Waals surface area (Å²) in [6, 6.07) is 11.2. The minimum atomic E-state index is -0.953. The van der Waals surface area contributed by atoms with Gasteiger partial charge in [0.25, 0.3) is 5.91 Å². The van der Waals surface area contributed by atoms with Gasteiger partial charge in [-0.2, -0.15) is 10.2 Å². The maximum atomic E-state index is 13.2. The summed E-state index contributed by atoms with van der Waals surface area (Å²) in [4.78, 5) is 21.7. The number of rotatable bonds is 5. The van der Waals surface area contributed by atoms with Gasteiger partial charge in [-0.3, -0.25) is 24.5 Å². The van der Waals surface area contributed by atoms with Crippen molar-refractivity contribution in [3.05, 3.63) is 72.4 Å². The summed E-state index contributed by atoms with van der Waals surface area (Å²) in [5.74, 6) is -0.155. The summed E-state index contributed by atoms with van der Waals surface area (Å²) in [6.07, 6.45) is 9.83. The molecule has 0 aliphatic heterocycles. The standard InChI is InChI=1S/C27H27N7O2/c1-17-11-18(7-10-29-17)25-22-12-19(4-5-23(22)32-33-25)26(35)31-21-3-2-8-27(36,13-21)16-34-24-15-28-9-6-20(24)14-30-34/h4-7,9-12,14-15,21,36H,2-3,8,13,16H2,1H3,(H,31,35)(H,32,33)/t21-,27-/m1/s1. The number of aryl methyl sites for hydroxylation is 1. The lowest BCUT2D eigenvalue weighted by molar-refractivity contribution is -0.0227. The van der Waals surface area contributed by atoms with Crippen LogP contribution in [-0.4, -0.2) is 52.6 Å². The lowest BCUT2D eigenvalue weighted by Gasteiger charge is -2.37. The fraction of sp³-hybridized carbons (Fsp3) is 0.296. The van der Waals surface area contributed by atoms with Crippen LogP contribution in [0.15, 0.2) is 61.2 Å². The fourth-order valence-corrected chi connectivity index (χ4v) is 5.26. The summed E-state index contributed by atoms with van der Waals surface area (Å²) in [5.41, 5.74) is 4.01. The minimum absolute atomic E-state index is 0.126. The third-order valence-corrected chi connectivity index (χ3v) is 7.04. The third-order valence-electron chi connectivity index (χ3n) is 7.04. The van der Waals surface area contributed by atoms with E-state index in [1.54, 1.807) is 30.9 Å². The van der Waals surface area contributed by atoms with Crippen molar-refractivity contribution in [2.45, 2.75) is 50.8 Å². The number of fused-ring (bicyclic) bond motifs is 2. The van der Waals surface area contributed by atoms with Gasteiger partial charge in [-0.1, -0.05) is 0 Å². The molecule has 6 rings (SSSR count). The first-order valence-electron chi connectivity index (χ1n) is 12.2. The Morgan fingerprint density at radius 1 is 1.22 bits per heavy atom. The molecule has 3 N–H and O–H groups in total. The zero-order valence-corrected chi connectivity index (χ0v) is 20.0. The number of nitrogens with zero attached hydrogens (tertiary/aromatic N) is 5. The summed E-state index contributed by atoms with van der Waals surface area (Å²) in [6.45, 7) is 2.30. The van der Waals surface area contributed by atoms with E-state index in [1.807, 2.05) is 41.9 Å². The highest BCUT2D eigenvalue weighted by molar-refractivity contribution is 6.01. The number of amides is 1. The van der Waals surface area contributed by atoms with Crippen LogP contribution in [0.4, 0.5) is 0 Å². The average Bonchev–Trinajstić information content (AvgIpc) is 3.48. The zero-order valence-electron chi connectivity index (χ0n) is 20.0. The summed E-state index contributed by atoms with van der Waals surface area (Å²) < 4.78 is 1.81. The first-order chi connectivity index (χ1) is 17.5. The molecule has 1 saturated carbocycles. The van der Waals surface area contributed by atoms with Gasteiger partial charge in [0.2, 0.25) is 0 Å². The van der Waals surface area contributed by atoms with Crippen molar-refractivity contribution in [1.82, 2.24) is 35.3 Å². The van der Waals surface area contributed by atoms with E-state index in [1.165, 1.54) is 0 Å². The Morgan fingerprint density at radius 2 is 2.14 bits per heavy atom. The van der Waals surface area contributed by atoms with Crippen LogP contribution in [0.1, 0.15) is 41.7 Å². The number of H-pyrrole nitrogens is 1. The smallest absolute Gasteiger partial charge is 0.251 e. The third kappa shape index (κ3) is 4.22. The molecule has 1 fully saturated rings. The number of carbonyl (C=O) groups excluding carboxylic acids is 1. The van der Waals surface area contributed by atoms with Gasteiger partial charge in [-0.05, 0) is 69.0 Å². The number of aromatic nitrogens is 6. The van der Waals surface area contributed by atoms with E-state index in [-0.39, 0.29) is 11.9 Å². The van der Waals surface area contributed by atoms with Crippen LogP contribution in [0.2, 0.25) is 0 Å². The molecule has 0 bridgehead atoms. The number of aromatic amines is 1. The van der Waals surface area contributed by atoms with Crippen molar-refractivity contribution in [3.63, 3.8) is 0 Å². The zero-order chi connectivity index (χ0) is 24.7. The number of pyridine rings is 2. The molecule has 4 heterocycles. The van der Waals surface area contributed by atoms with Gasteiger partial charge in [0.1, 0.15) is 5.69 Å². The van der Waals surface area contributed by atoms with E-state index >= 15 is 0 Å². The van der Waals surface area contributed by atoms with Crippen LogP contribution in [-0.2, 0) is 6.54 Å². The molecule has 9 heteroatoms. The Kier molecular flexibility index (Phi) is 5.49. The first-order valence-corrected chi connectivity index (χ1v) is 12.2. The highest BCUT2D eigenvalue weighted by atomic mass is 16.3. The van der Waals surface area contributed by atoms with Crippen LogP contribution < -0.4 is 5.32 Å². The molecule has 9 nitrogen and oxygen atoms in total. The molecule has 36 heavy (non-hydrogen) atoms. The summed E-state index contributed by atoms with van der Waals surface area (Å²) >= 11 is 0. The molecule has 1 amide bonds. The van der Waals surface area contributed by atoms with Crippen LogP contribution in [0.5, 0.6) is 0 Å². The fourth-order valence-electron chi connectivity index (χ4n) is 5.26. The van der Waals surface area contributed by atoms with Crippen LogP contribution in [0, 0.1) is 6.92 Å². The van der Waals surface area contributed by atoms with Crippen molar-refractivity contribution < 1.29 is 9.90 Å². The van der Waals surface area contributed by atoms with Crippen LogP contribution in [0.25, 0.3) is 33.1 Å². The second kappa shape index (κ2) is 8.83. The van der Waals surface area contributed by atoms with Gasteiger partial charge in [0.05, 0.1) is 35.6 Å². The van der Waals surface area contributed by atoms with Crippen molar-refractivity contribution in [2.75, 3.05) is 0 Å². The van der Waals surface area contributed by atoms with Crippen molar-refractivity contribution in [2.24, 2.45) is 0 Å². The van der Waals surface area contributed by atoms with Crippen molar-refractivity contribution in [1.29, 1.82) is 0 Å². The maximum Gasteiger partial charge on any atom is 0.251 e. The van der Waals surface area contributed by atoms with E-state index in [9.17, 15) is 9.90 Å². The van der Waals surface area contributed by atoms with Gasteiger partial charge in [-0.25, -0.2) is 0 Å². The highest BCUT2D eigenvalue weighted by Gasteiger charge is 2.36. The average molecular weight is 482 g/mol. The summed E-state index contributed by atoms with van der Waals surface area (Å²) in [7, 11) is 0. The van der Waals surface area contributed by atoms with Gasteiger partial charge in [0.15, 0.2) is 0 Å². The normalized spacial score (nSPS) is 20.1. The first kappa shape index (κ1) is 22.4. The van der Waals surface area contributed by atoms with Gasteiger partial charge in [-0.15, -0.1) is 0 Å². The molecule has 4 aromatic heterocycles. The molecule has 0 saturated heterocycles.